The third-order valence-corrected chi connectivity index (χ3v) is 5.33. The van der Waals surface area contributed by atoms with Gasteiger partial charge in [0, 0.05) is 19.0 Å². The van der Waals surface area contributed by atoms with E-state index < -0.39 is 11.5 Å². The van der Waals surface area contributed by atoms with Crippen LogP contribution in [0.1, 0.15) is 58.8 Å². The molecule has 0 aromatic rings. The van der Waals surface area contributed by atoms with Crippen molar-refractivity contribution >= 4 is 17.8 Å². The fraction of sp³-hybridized carbons (Fsp3) is 0.824. The number of hydrogen-bond donors (Lipinski definition) is 2. The maximum absolute atomic E-state index is 12.6. The molecule has 0 radical (unpaired) electrons. The van der Waals surface area contributed by atoms with Gasteiger partial charge in [-0.05, 0) is 38.5 Å². The molecule has 1 aliphatic heterocycles. The van der Waals surface area contributed by atoms with Crippen molar-refractivity contribution in [2.45, 2.75) is 64.3 Å². The summed E-state index contributed by atoms with van der Waals surface area (Å²) in [5.41, 5.74) is -0.564. The maximum atomic E-state index is 12.6. The van der Waals surface area contributed by atoms with Crippen LogP contribution < -0.4 is 5.32 Å². The standard InChI is InChI=1S/C17H28N2O4/c1-3-12(2)16(23)19-9-4-6-13(11-19)15(22)18-17(7-5-8-17)10-14(20)21/h12-13H,3-11H2,1-2H3,(H,18,22)(H,20,21). The Balaban J connectivity index is 1.94. The fourth-order valence-corrected chi connectivity index (χ4v) is 3.48. The van der Waals surface area contributed by atoms with Crippen molar-refractivity contribution in [3.05, 3.63) is 0 Å². The van der Waals surface area contributed by atoms with Gasteiger partial charge in [-0.25, -0.2) is 0 Å². The highest BCUT2D eigenvalue weighted by Crippen LogP contribution is 2.35. The lowest BCUT2D eigenvalue weighted by molar-refractivity contribution is -0.141. The molecule has 2 unspecified atom stereocenters. The molecule has 6 heteroatoms. The Bertz CT molecular complexity index is 473. The van der Waals surface area contributed by atoms with Crippen LogP contribution in [0.25, 0.3) is 0 Å². The molecule has 2 fully saturated rings. The number of hydrogen-bond acceptors (Lipinski definition) is 3. The smallest absolute Gasteiger partial charge is 0.305 e. The number of nitrogens with one attached hydrogen (secondary N) is 1. The Morgan fingerprint density at radius 3 is 2.52 bits per heavy atom. The van der Waals surface area contributed by atoms with Gasteiger partial charge in [0.05, 0.1) is 17.9 Å². The monoisotopic (exact) mass is 324 g/mol. The Labute approximate surface area is 137 Å². The van der Waals surface area contributed by atoms with Gasteiger partial charge in [0.2, 0.25) is 11.8 Å². The van der Waals surface area contributed by atoms with Crippen molar-refractivity contribution in [1.29, 1.82) is 0 Å². The number of amides is 2. The summed E-state index contributed by atoms with van der Waals surface area (Å²) in [7, 11) is 0. The minimum Gasteiger partial charge on any atom is -0.481 e. The van der Waals surface area contributed by atoms with E-state index in [1.807, 2.05) is 13.8 Å². The Morgan fingerprint density at radius 2 is 2.00 bits per heavy atom. The lowest BCUT2D eigenvalue weighted by atomic mass is 9.74. The van der Waals surface area contributed by atoms with Gasteiger partial charge in [-0.2, -0.15) is 0 Å². The van der Waals surface area contributed by atoms with Crippen LogP contribution in [0.3, 0.4) is 0 Å². The van der Waals surface area contributed by atoms with Crippen LogP contribution in [-0.4, -0.2) is 46.4 Å². The minimum atomic E-state index is -0.873. The lowest BCUT2D eigenvalue weighted by Crippen LogP contribution is -2.57. The van der Waals surface area contributed by atoms with E-state index in [4.69, 9.17) is 5.11 Å². The summed E-state index contributed by atoms with van der Waals surface area (Å²) in [4.78, 5) is 37.7. The van der Waals surface area contributed by atoms with E-state index in [2.05, 4.69) is 5.32 Å². The van der Waals surface area contributed by atoms with Crippen molar-refractivity contribution in [1.82, 2.24) is 10.2 Å². The van der Waals surface area contributed by atoms with E-state index in [-0.39, 0.29) is 30.1 Å². The fourth-order valence-electron chi connectivity index (χ4n) is 3.48. The normalized spacial score (nSPS) is 24.4. The molecule has 2 amide bonds. The van der Waals surface area contributed by atoms with Gasteiger partial charge in [-0.3, -0.25) is 14.4 Å². The number of rotatable bonds is 6. The summed E-state index contributed by atoms with van der Waals surface area (Å²) in [6.07, 6.45) is 4.79. The highest BCUT2D eigenvalue weighted by Gasteiger charge is 2.42. The van der Waals surface area contributed by atoms with E-state index in [0.717, 1.165) is 38.5 Å². The molecule has 1 saturated heterocycles. The molecule has 2 atom stereocenters. The van der Waals surface area contributed by atoms with E-state index >= 15 is 0 Å². The topological polar surface area (TPSA) is 86.7 Å². The lowest BCUT2D eigenvalue weighted by Gasteiger charge is -2.43. The molecule has 0 aromatic carbocycles. The second-order valence-corrected chi connectivity index (χ2v) is 7.13. The molecule has 0 aromatic heterocycles. The SMILES string of the molecule is CCC(C)C(=O)N1CCCC(C(=O)NC2(CC(=O)O)CCC2)C1. The molecule has 0 bridgehead atoms. The first-order chi connectivity index (χ1) is 10.9. The molecule has 0 spiro atoms. The summed E-state index contributed by atoms with van der Waals surface area (Å²) in [5.74, 6) is -1.08. The van der Waals surface area contributed by atoms with Crippen LogP contribution in [-0.2, 0) is 14.4 Å². The molecule has 6 nitrogen and oxygen atoms in total. The highest BCUT2D eigenvalue weighted by atomic mass is 16.4. The van der Waals surface area contributed by atoms with Gasteiger partial charge in [0.15, 0.2) is 0 Å². The summed E-state index contributed by atoms with van der Waals surface area (Å²) in [6, 6.07) is 0. The molecule has 2 rings (SSSR count). The average molecular weight is 324 g/mol. The number of aliphatic carboxylic acids is 1. The number of piperidine rings is 1. The van der Waals surface area contributed by atoms with E-state index in [0.29, 0.717) is 13.1 Å². The van der Waals surface area contributed by atoms with Crippen molar-refractivity contribution < 1.29 is 19.5 Å². The third kappa shape index (κ3) is 4.24. The molecule has 1 saturated carbocycles. The zero-order chi connectivity index (χ0) is 17.0. The predicted octanol–water partition coefficient (Wildman–Crippen LogP) is 1.78. The molecule has 2 N–H and O–H groups in total. The predicted molar refractivity (Wildman–Crippen MR) is 85.7 cm³/mol. The highest BCUT2D eigenvalue weighted by molar-refractivity contribution is 5.83. The summed E-state index contributed by atoms with van der Waals surface area (Å²) in [5, 5.41) is 12.0. The number of carboxylic acid groups (broad SMARTS) is 1. The van der Waals surface area contributed by atoms with Crippen LogP contribution >= 0.6 is 0 Å². The largest absolute Gasteiger partial charge is 0.481 e. The second kappa shape index (κ2) is 7.32. The summed E-state index contributed by atoms with van der Waals surface area (Å²) >= 11 is 0. The van der Waals surface area contributed by atoms with Gasteiger partial charge in [-0.15, -0.1) is 0 Å². The van der Waals surface area contributed by atoms with Gasteiger partial charge in [-0.1, -0.05) is 13.8 Å². The molecule has 130 valence electrons. The quantitative estimate of drug-likeness (QED) is 0.780. The van der Waals surface area contributed by atoms with Crippen LogP contribution in [0.15, 0.2) is 0 Å². The van der Waals surface area contributed by atoms with E-state index in [1.54, 1.807) is 4.90 Å². The molecule has 23 heavy (non-hydrogen) atoms. The van der Waals surface area contributed by atoms with Gasteiger partial charge < -0.3 is 15.3 Å². The first kappa shape index (κ1) is 17.8. The van der Waals surface area contributed by atoms with Crippen LogP contribution in [0.4, 0.5) is 0 Å². The molecule has 2 aliphatic rings. The van der Waals surface area contributed by atoms with Crippen LogP contribution in [0.2, 0.25) is 0 Å². The van der Waals surface area contributed by atoms with Gasteiger partial charge in [0.25, 0.3) is 0 Å². The molecular formula is C17H28N2O4. The second-order valence-electron chi connectivity index (χ2n) is 7.13. The average Bonchev–Trinajstić information content (AvgIpc) is 2.50. The number of likely N-dealkylation sites (tertiary alicyclic amines) is 1. The van der Waals surface area contributed by atoms with Crippen LogP contribution in [0, 0.1) is 11.8 Å². The van der Waals surface area contributed by atoms with Crippen molar-refractivity contribution in [2.24, 2.45) is 11.8 Å². The van der Waals surface area contributed by atoms with E-state index in [9.17, 15) is 14.4 Å². The number of carboxylic acids is 1. The first-order valence-electron chi connectivity index (χ1n) is 8.69. The zero-order valence-corrected chi connectivity index (χ0v) is 14.1. The Hall–Kier alpha value is -1.59. The van der Waals surface area contributed by atoms with Crippen molar-refractivity contribution in [3.8, 4) is 0 Å². The van der Waals surface area contributed by atoms with Crippen molar-refractivity contribution in [3.63, 3.8) is 0 Å². The number of carbonyl (C=O) groups is 3. The van der Waals surface area contributed by atoms with Gasteiger partial charge >= 0.3 is 5.97 Å². The first-order valence-corrected chi connectivity index (χ1v) is 8.69. The van der Waals surface area contributed by atoms with Crippen molar-refractivity contribution in [2.75, 3.05) is 13.1 Å². The Kier molecular flexibility index (Phi) is 5.65. The molecule has 1 heterocycles. The maximum Gasteiger partial charge on any atom is 0.305 e. The third-order valence-electron chi connectivity index (χ3n) is 5.33. The summed E-state index contributed by atoms with van der Waals surface area (Å²) < 4.78 is 0. The number of carbonyl (C=O) groups excluding carboxylic acids is 2. The molecular weight excluding hydrogens is 296 g/mol. The van der Waals surface area contributed by atoms with Gasteiger partial charge in [0.1, 0.15) is 0 Å². The minimum absolute atomic E-state index is 0.0122. The zero-order valence-electron chi connectivity index (χ0n) is 14.1. The van der Waals surface area contributed by atoms with Crippen LogP contribution in [0.5, 0.6) is 0 Å². The summed E-state index contributed by atoms with van der Waals surface area (Å²) in [6.45, 7) is 5.08. The molecule has 1 aliphatic carbocycles. The number of nitrogens with zero attached hydrogens (tertiary/aromatic N) is 1. The Morgan fingerprint density at radius 1 is 1.30 bits per heavy atom. The van der Waals surface area contributed by atoms with E-state index in [1.165, 1.54) is 0 Å².